The van der Waals surface area contributed by atoms with E-state index in [1.165, 1.54) is 0 Å². The molecular weight excluding hydrogens is 298 g/mol. The third-order valence-corrected chi connectivity index (χ3v) is 3.98. The number of aliphatic carboxylic acids is 1. The summed E-state index contributed by atoms with van der Waals surface area (Å²) < 4.78 is 11.6. The first kappa shape index (κ1) is 19.7. The number of carboxylic acid groups (broad SMARTS) is 1. The van der Waals surface area contributed by atoms with Gasteiger partial charge in [0.15, 0.2) is 0 Å². The number of nitrogens with zero attached hydrogens (tertiary/aromatic N) is 1. The Labute approximate surface area is 139 Å². The predicted molar refractivity (Wildman–Crippen MR) is 87.1 cm³/mol. The molecule has 1 saturated heterocycles. The molecule has 1 aliphatic heterocycles. The number of amides is 1. The monoisotopic (exact) mass is 329 g/mol. The minimum atomic E-state index is -0.857. The molecule has 0 radical (unpaired) electrons. The summed E-state index contributed by atoms with van der Waals surface area (Å²) in [6.07, 6.45) is -0.392. The van der Waals surface area contributed by atoms with Crippen molar-refractivity contribution in [2.75, 3.05) is 0 Å². The zero-order valence-corrected chi connectivity index (χ0v) is 15.5. The summed E-state index contributed by atoms with van der Waals surface area (Å²) in [7, 11) is 0. The van der Waals surface area contributed by atoms with Crippen LogP contribution in [-0.4, -0.2) is 45.5 Å². The number of ether oxygens (including phenoxy) is 2. The fourth-order valence-corrected chi connectivity index (χ4v) is 3.04. The Hall–Kier alpha value is -1.30. The molecule has 1 heterocycles. The van der Waals surface area contributed by atoms with E-state index in [0.717, 1.165) is 0 Å². The van der Waals surface area contributed by atoms with Crippen LogP contribution in [0.1, 0.15) is 61.8 Å². The molecule has 6 heteroatoms. The van der Waals surface area contributed by atoms with Crippen LogP contribution in [0.5, 0.6) is 0 Å². The molecule has 0 unspecified atom stereocenters. The van der Waals surface area contributed by atoms with Gasteiger partial charge in [0.1, 0.15) is 11.3 Å². The topological polar surface area (TPSA) is 76.1 Å². The van der Waals surface area contributed by atoms with Crippen molar-refractivity contribution in [1.82, 2.24) is 4.90 Å². The van der Waals surface area contributed by atoms with Crippen LogP contribution in [0.3, 0.4) is 0 Å². The van der Waals surface area contributed by atoms with Crippen LogP contribution >= 0.6 is 0 Å². The lowest BCUT2D eigenvalue weighted by Crippen LogP contribution is -2.52. The molecule has 0 saturated carbocycles. The molecule has 23 heavy (non-hydrogen) atoms. The Balaban J connectivity index is 3.07. The maximum atomic E-state index is 12.7. The first-order valence-corrected chi connectivity index (χ1v) is 8.19. The first-order valence-electron chi connectivity index (χ1n) is 8.19. The highest BCUT2D eigenvalue weighted by molar-refractivity contribution is 5.71. The van der Waals surface area contributed by atoms with Crippen molar-refractivity contribution in [2.24, 2.45) is 11.8 Å². The molecule has 6 nitrogen and oxygen atoms in total. The van der Waals surface area contributed by atoms with Gasteiger partial charge < -0.3 is 14.6 Å². The van der Waals surface area contributed by atoms with Crippen LogP contribution < -0.4 is 0 Å². The van der Waals surface area contributed by atoms with Crippen LogP contribution in [0.25, 0.3) is 0 Å². The maximum absolute atomic E-state index is 12.7. The highest BCUT2D eigenvalue weighted by Crippen LogP contribution is 2.39. The quantitative estimate of drug-likeness (QED) is 0.854. The van der Waals surface area contributed by atoms with Crippen LogP contribution in [0.15, 0.2) is 0 Å². The van der Waals surface area contributed by atoms with Crippen molar-refractivity contribution >= 4 is 12.1 Å². The number of hydrogen-bond acceptors (Lipinski definition) is 4. The molecule has 3 atom stereocenters. The number of hydrogen-bond donors (Lipinski definition) is 1. The van der Waals surface area contributed by atoms with Crippen LogP contribution in [0, 0.1) is 11.8 Å². The standard InChI is InChI=1S/C17H31NO5/c1-10(2)13-12(9-11(3)14(19)20)22-17(7,8)18(13)15(21)23-16(4,5)6/h10-13H,9H2,1-8H3,(H,19,20)/t11-,12+,13-/m0/s1. The Bertz CT molecular complexity index is 452. The second-order valence-electron chi connectivity index (χ2n) is 8.16. The van der Waals surface area contributed by atoms with Gasteiger partial charge in [-0.2, -0.15) is 0 Å². The van der Waals surface area contributed by atoms with Gasteiger partial charge in [-0.25, -0.2) is 4.79 Å². The normalized spacial score (nSPS) is 25.5. The summed E-state index contributed by atoms with van der Waals surface area (Å²) in [6, 6.07) is -0.221. The highest BCUT2D eigenvalue weighted by Gasteiger charge is 2.52. The lowest BCUT2D eigenvalue weighted by Gasteiger charge is -2.36. The minimum Gasteiger partial charge on any atom is -0.481 e. The Morgan fingerprint density at radius 2 is 1.78 bits per heavy atom. The molecule has 0 bridgehead atoms. The average molecular weight is 329 g/mol. The van der Waals surface area contributed by atoms with Crippen molar-refractivity contribution in [2.45, 2.75) is 85.3 Å². The average Bonchev–Trinajstić information content (AvgIpc) is 2.57. The van der Waals surface area contributed by atoms with E-state index in [2.05, 4.69) is 0 Å². The van der Waals surface area contributed by atoms with E-state index in [1.807, 2.05) is 48.5 Å². The molecule has 0 aromatic heterocycles. The Morgan fingerprint density at radius 3 is 2.17 bits per heavy atom. The molecule has 134 valence electrons. The lowest BCUT2D eigenvalue weighted by atomic mass is 9.91. The van der Waals surface area contributed by atoms with Crippen LogP contribution in [0.2, 0.25) is 0 Å². The van der Waals surface area contributed by atoms with Gasteiger partial charge in [0.2, 0.25) is 0 Å². The van der Waals surface area contributed by atoms with E-state index >= 15 is 0 Å². The van der Waals surface area contributed by atoms with E-state index in [4.69, 9.17) is 14.6 Å². The zero-order valence-electron chi connectivity index (χ0n) is 15.5. The maximum Gasteiger partial charge on any atom is 0.412 e. The summed E-state index contributed by atoms with van der Waals surface area (Å²) in [6.45, 7) is 14.8. The molecule has 1 aliphatic rings. The summed E-state index contributed by atoms with van der Waals surface area (Å²) in [5.74, 6) is -1.27. The van der Waals surface area contributed by atoms with Gasteiger partial charge in [-0.3, -0.25) is 9.69 Å². The van der Waals surface area contributed by atoms with Gasteiger partial charge in [0.25, 0.3) is 0 Å². The third-order valence-electron chi connectivity index (χ3n) is 3.98. The van der Waals surface area contributed by atoms with Crippen molar-refractivity contribution in [1.29, 1.82) is 0 Å². The SMILES string of the molecule is CC(C)[C@H]1[C@@H](C[C@H](C)C(=O)O)OC(C)(C)N1C(=O)OC(C)(C)C. The fourth-order valence-electron chi connectivity index (χ4n) is 3.04. The summed E-state index contributed by atoms with van der Waals surface area (Å²) >= 11 is 0. The van der Waals surface area contributed by atoms with Crippen molar-refractivity contribution in [3.63, 3.8) is 0 Å². The molecule has 1 fully saturated rings. The molecule has 1 rings (SSSR count). The van der Waals surface area contributed by atoms with Crippen molar-refractivity contribution < 1.29 is 24.2 Å². The van der Waals surface area contributed by atoms with Crippen molar-refractivity contribution in [3.05, 3.63) is 0 Å². The van der Waals surface area contributed by atoms with Crippen LogP contribution in [-0.2, 0) is 14.3 Å². The molecular formula is C17H31NO5. The van der Waals surface area contributed by atoms with Gasteiger partial charge in [0, 0.05) is 0 Å². The zero-order chi connectivity index (χ0) is 18.2. The molecule has 0 aromatic carbocycles. The Morgan fingerprint density at radius 1 is 1.26 bits per heavy atom. The van der Waals surface area contributed by atoms with E-state index in [9.17, 15) is 9.59 Å². The van der Waals surface area contributed by atoms with Gasteiger partial charge in [-0.15, -0.1) is 0 Å². The van der Waals surface area contributed by atoms with Gasteiger partial charge in [-0.1, -0.05) is 20.8 Å². The minimum absolute atomic E-state index is 0.121. The summed E-state index contributed by atoms with van der Waals surface area (Å²) in [5, 5.41) is 9.16. The molecule has 1 amide bonds. The van der Waals surface area contributed by atoms with E-state index in [1.54, 1.807) is 11.8 Å². The molecule has 0 aliphatic carbocycles. The largest absolute Gasteiger partial charge is 0.481 e. The second-order valence-corrected chi connectivity index (χ2v) is 8.16. The van der Waals surface area contributed by atoms with Crippen LogP contribution in [0.4, 0.5) is 4.79 Å². The predicted octanol–water partition coefficient (Wildman–Crippen LogP) is 3.49. The van der Waals surface area contributed by atoms with E-state index < -0.39 is 29.3 Å². The molecule has 0 aromatic rings. The smallest absolute Gasteiger partial charge is 0.412 e. The lowest BCUT2D eigenvalue weighted by molar-refractivity contribution is -0.143. The van der Waals surface area contributed by atoms with Gasteiger partial charge >= 0.3 is 12.1 Å². The van der Waals surface area contributed by atoms with E-state index in [0.29, 0.717) is 6.42 Å². The van der Waals surface area contributed by atoms with Crippen molar-refractivity contribution in [3.8, 4) is 0 Å². The Kier molecular flexibility index (Phi) is 5.73. The first-order chi connectivity index (χ1) is 10.3. The summed E-state index contributed by atoms with van der Waals surface area (Å²) in [5.41, 5.74) is -1.43. The molecule has 1 N–H and O–H groups in total. The van der Waals surface area contributed by atoms with Gasteiger partial charge in [0.05, 0.1) is 18.1 Å². The number of carboxylic acids is 1. The summed E-state index contributed by atoms with van der Waals surface area (Å²) in [4.78, 5) is 25.5. The van der Waals surface area contributed by atoms with Gasteiger partial charge in [-0.05, 0) is 47.0 Å². The second kappa shape index (κ2) is 6.67. The molecule has 0 spiro atoms. The number of carbonyl (C=O) groups is 2. The number of rotatable bonds is 4. The third kappa shape index (κ3) is 4.83. The fraction of sp³-hybridized carbons (Fsp3) is 0.882. The highest BCUT2D eigenvalue weighted by atomic mass is 16.6. The number of carbonyl (C=O) groups excluding carboxylic acids is 1. The van der Waals surface area contributed by atoms with E-state index in [-0.39, 0.29) is 18.1 Å².